The molecule has 2 heterocycles. The van der Waals surface area contributed by atoms with Crippen LogP contribution in [0.25, 0.3) is 0 Å². The molecule has 7 heteroatoms. The number of hydrogen-bond donors (Lipinski definition) is 0. The van der Waals surface area contributed by atoms with Crippen LogP contribution in [0.5, 0.6) is 0 Å². The molecule has 0 bridgehead atoms. The largest absolute Gasteiger partial charge is 0.352 e. The van der Waals surface area contributed by atoms with Crippen LogP contribution in [0, 0.1) is 11.3 Å². The van der Waals surface area contributed by atoms with E-state index in [0.717, 1.165) is 16.9 Å². The van der Waals surface area contributed by atoms with Crippen LogP contribution in [-0.2, 0) is 14.1 Å². The zero-order valence-corrected chi connectivity index (χ0v) is 12.9. The van der Waals surface area contributed by atoms with Crippen molar-refractivity contribution in [3.63, 3.8) is 0 Å². The Kier molecular flexibility index (Phi) is 3.95. The van der Waals surface area contributed by atoms with Crippen LogP contribution in [0.2, 0.25) is 0 Å². The number of anilines is 1. The lowest BCUT2D eigenvalue weighted by Crippen LogP contribution is -2.50. The molecule has 1 saturated heterocycles. The molecular formula is C13H18N4O2S. The van der Waals surface area contributed by atoms with Crippen molar-refractivity contribution in [1.82, 2.24) is 9.13 Å². The number of aromatic nitrogens is 2. The summed E-state index contributed by atoms with van der Waals surface area (Å²) in [6, 6.07) is 2.13. The van der Waals surface area contributed by atoms with Crippen LogP contribution in [0.1, 0.15) is 19.4 Å². The Labute approximate surface area is 121 Å². The second-order valence-electron chi connectivity index (χ2n) is 5.03. The molecule has 1 aliphatic rings. The van der Waals surface area contributed by atoms with Gasteiger partial charge in [0.15, 0.2) is 5.56 Å². The minimum atomic E-state index is -0.524. The minimum Gasteiger partial charge on any atom is -0.352 e. The molecule has 2 rings (SSSR count). The second-order valence-corrected chi connectivity index (χ2v) is 6.51. The lowest BCUT2D eigenvalue weighted by Gasteiger charge is -2.39. The van der Waals surface area contributed by atoms with Crippen molar-refractivity contribution < 1.29 is 0 Å². The van der Waals surface area contributed by atoms with E-state index in [1.807, 2.05) is 22.7 Å². The third-order valence-electron chi connectivity index (χ3n) is 3.90. The predicted octanol–water partition coefficient (Wildman–Crippen LogP) is 0.286. The zero-order valence-electron chi connectivity index (χ0n) is 12.1. The third kappa shape index (κ3) is 2.14. The van der Waals surface area contributed by atoms with E-state index < -0.39 is 11.2 Å². The van der Waals surface area contributed by atoms with Crippen LogP contribution in [-0.4, -0.2) is 32.7 Å². The molecule has 0 spiro atoms. The molecular weight excluding hydrogens is 276 g/mol. The van der Waals surface area contributed by atoms with Gasteiger partial charge in [-0.15, -0.1) is 0 Å². The number of nitriles is 1. The van der Waals surface area contributed by atoms with Crippen LogP contribution in [0.15, 0.2) is 9.59 Å². The van der Waals surface area contributed by atoms with Crippen molar-refractivity contribution >= 4 is 17.6 Å². The van der Waals surface area contributed by atoms with Gasteiger partial charge in [0, 0.05) is 37.7 Å². The smallest absolute Gasteiger partial charge is 0.332 e. The molecule has 0 aliphatic carbocycles. The first-order valence-electron chi connectivity index (χ1n) is 6.48. The molecule has 0 radical (unpaired) electrons. The molecule has 2 atom stereocenters. The van der Waals surface area contributed by atoms with Gasteiger partial charge in [-0.05, 0) is 6.92 Å². The summed E-state index contributed by atoms with van der Waals surface area (Å²) in [6.45, 7) is 4.90. The SMILES string of the molecule is C[C@@H]1SCCN(c2c(C#N)c(=O)n(C)c(=O)n2C)[C@H]1C. The highest BCUT2D eigenvalue weighted by Crippen LogP contribution is 2.29. The maximum Gasteiger partial charge on any atom is 0.332 e. The Morgan fingerprint density at radius 1 is 1.25 bits per heavy atom. The quantitative estimate of drug-likeness (QED) is 0.744. The topological polar surface area (TPSA) is 71.0 Å². The summed E-state index contributed by atoms with van der Waals surface area (Å²) in [6.07, 6.45) is 0. The van der Waals surface area contributed by atoms with Gasteiger partial charge in [0.1, 0.15) is 11.9 Å². The Balaban J connectivity index is 2.71. The minimum absolute atomic E-state index is 0.0422. The maximum absolute atomic E-state index is 12.1. The van der Waals surface area contributed by atoms with E-state index in [1.165, 1.54) is 11.6 Å². The number of rotatable bonds is 1. The fraction of sp³-hybridized carbons (Fsp3) is 0.615. The van der Waals surface area contributed by atoms with Gasteiger partial charge in [-0.2, -0.15) is 17.0 Å². The monoisotopic (exact) mass is 294 g/mol. The van der Waals surface area contributed by atoms with Crippen molar-refractivity contribution in [2.45, 2.75) is 25.1 Å². The Bertz CT molecular complexity index is 685. The fourth-order valence-corrected chi connectivity index (χ4v) is 3.60. The highest BCUT2D eigenvalue weighted by molar-refractivity contribution is 8.00. The molecule has 108 valence electrons. The van der Waals surface area contributed by atoms with Gasteiger partial charge >= 0.3 is 5.69 Å². The van der Waals surface area contributed by atoms with E-state index in [1.54, 1.807) is 7.05 Å². The molecule has 1 fully saturated rings. The molecule has 6 nitrogen and oxygen atoms in total. The van der Waals surface area contributed by atoms with Gasteiger partial charge in [-0.1, -0.05) is 6.92 Å². The van der Waals surface area contributed by atoms with E-state index in [-0.39, 0.29) is 11.6 Å². The van der Waals surface area contributed by atoms with E-state index in [2.05, 4.69) is 13.8 Å². The van der Waals surface area contributed by atoms with Crippen LogP contribution < -0.4 is 16.1 Å². The van der Waals surface area contributed by atoms with Crippen molar-refractivity contribution in [3.05, 3.63) is 26.4 Å². The molecule has 1 aromatic rings. The highest BCUT2D eigenvalue weighted by Gasteiger charge is 2.30. The Hall–Kier alpha value is -1.68. The summed E-state index contributed by atoms with van der Waals surface area (Å²) in [5, 5.41) is 9.70. The van der Waals surface area contributed by atoms with E-state index >= 15 is 0 Å². The van der Waals surface area contributed by atoms with Gasteiger partial charge in [0.25, 0.3) is 5.56 Å². The van der Waals surface area contributed by atoms with Crippen molar-refractivity contribution in [3.8, 4) is 6.07 Å². The normalized spacial score (nSPS) is 22.6. The van der Waals surface area contributed by atoms with Gasteiger partial charge in [-0.25, -0.2) is 4.79 Å². The van der Waals surface area contributed by atoms with Gasteiger partial charge in [0.05, 0.1) is 0 Å². The van der Waals surface area contributed by atoms with E-state index in [0.29, 0.717) is 11.1 Å². The lowest BCUT2D eigenvalue weighted by molar-refractivity contribution is 0.585. The molecule has 0 saturated carbocycles. The number of thioether (sulfide) groups is 1. The summed E-state index contributed by atoms with van der Waals surface area (Å²) >= 11 is 1.86. The van der Waals surface area contributed by atoms with Gasteiger partial charge in [-0.3, -0.25) is 13.9 Å². The summed E-state index contributed by atoms with van der Waals surface area (Å²) in [5.41, 5.74) is -0.883. The van der Waals surface area contributed by atoms with Crippen LogP contribution in [0.4, 0.5) is 5.82 Å². The fourth-order valence-electron chi connectivity index (χ4n) is 2.50. The summed E-state index contributed by atoms with van der Waals surface area (Å²) in [7, 11) is 3.00. The molecule has 0 N–H and O–H groups in total. The lowest BCUT2D eigenvalue weighted by atomic mass is 10.1. The van der Waals surface area contributed by atoms with Crippen molar-refractivity contribution in [2.24, 2.45) is 14.1 Å². The van der Waals surface area contributed by atoms with E-state index in [9.17, 15) is 14.9 Å². The molecule has 0 amide bonds. The van der Waals surface area contributed by atoms with E-state index in [4.69, 9.17) is 0 Å². The number of hydrogen-bond acceptors (Lipinski definition) is 5. The predicted molar refractivity (Wildman–Crippen MR) is 80.4 cm³/mol. The molecule has 1 aromatic heterocycles. The average molecular weight is 294 g/mol. The zero-order chi connectivity index (χ0) is 15.0. The van der Waals surface area contributed by atoms with Gasteiger partial charge < -0.3 is 4.90 Å². The first kappa shape index (κ1) is 14.7. The third-order valence-corrected chi connectivity index (χ3v) is 5.24. The summed E-state index contributed by atoms with van der Waals surface area (Å²) < 4.78 is 2.38. The maximum atomic E-state index is 12.1. The standard InChI is InChI=1S/C13H18N4O2S/c1-8-9(2)20-6-5-17(8)11-10(7-14)12(18)16(4)13(19)15(11)3/h8-9H,5-6H2,1-4H3/t8-,9-/m0/s1. The summed E-state index contributed by atoms with van der Waals surface area (Å²) in [4.78, 5) is 26.2. The Morgan fingerprint density at radius 3 is 2.50 bits per heavy atom. The highest BCUT2D eigenvalue weighted by atomic mass is 32.2. The molecule has 0 aromatic carbocycles. The first-order valence-corrected chi connectivity index (χ1v) is 7.53. The second kappa shape index (κ2) is 5.37. The molecule has 20 heavy (non-hydrogen) atoms. The number of nitrogens with zero attached hydrogens (tertiary/aromatic N) is 4. The van der Waals surface area contributed by atoms with Crippen LogP contribution in [0.3, 0.4) is 0 Å². The average Bonchev–Trinajstić information content (AvgIpc) is 2.44. The first-order chi connectivity index (χ1) is 9.40. The van der Waals surface area contributed by atoms with Crippen molar-refractivity contribution in [2.75, 3.05) is 17.2 Å². The van der Waals surface area contributed by atoms with Crippen LogP contribution >= 0.6 is 11.8 Å². The summed E-state index contributed by atoms with van der Waals surface area (Å²) in [5.74, 6) is 1.36. The Morgan fingerprint density at radius 2 is 1.90 bits per heavy atom. The van der Waals surface area contributed by atoms with Gasteiger partial charge in [0.2, 0.25) is 0 Å². The molecule has 1 aliphatic heterocycles. The molecule has 0 unspecified atom stereocenters. The van der Waals surface area contributed by atoms with Crippen molar-refractivity contribution in [1.29, 1.82) is 5.26 Å².